The number of carbonyl (C=O) groups excluding carboxylic acids is 1. The summed E-state index contributed by atoms with van der Waals surface area (Å²) in [7, 11) is 0. The first-order valence-electron chi connectivity index (χ1n) is 11.4. The van der Waals surface area contributed by atoms with Crippen LogP contribution in [0.25, 0.3) is 17.1 Å². The third-order valence-electron chi connectivity index (χ3n) is 5.31. The van der Waals surface area contributed by atoms with Gasteiger partial charge in [-0.25, -0.2) is 0 Å². The summed E-state index contributed by atoms with van der Waals surface area (Å²) < 4.78 is 18.6. The summed E-state index contributed by atoms with van der Waals surface area (Å²) >= 11 is 7.75. The minimum absolute atomic E-state index is 0.131. The van der Waals surface area contributed by atoms with Crippen LogP contribution >= 0.6 is 23.4 Å². The van der Waals surface area contributed by atoms with Crippen molar-refractivity contribution in [2.75, 3.05) is 30.9 Å². The van der Waals surface area contributed by atoms with Gasteiger partial charge in [0.25, 0.3) is 0 Å². The number of hydrogen-bond acceptors (Lipinski definition) is 7. The highest BCUT2D eigenvalue weighted by Crippen LogP contribution is 2.34. The molecule has 0 fully saturated rings. The number of ether oxygens (including phenoxy) is 3. The molecule has 1 aliphatic rings. The Morgan fingerprint density at radius 2 is 1.83 bits per heavy atom. The van der Waals surface area contributed by atoms with E-state index in [0.29, 0.717) is 53.0 Å². The number of rotatable bonds is 8. The molecule has 0 spiro atoms. The predicted octanol–water partition coefficient (Wildman–Crippen LogP) is 5.49. The molecule has 0 radical (unpaired) electrons. The average Bonchev–Trinajstić information content (AvgIpc) is 3.32. The zero-order chi connectivity index (χ0) is 24.9. The Morgan fingerprint density at radius 3 is 2.61 bits per heavy atom. The number of thioether (sulfide) groups is 1. The summed E-state index contributed by atoms with van der Waals surface area (Å²) in [6.07, 6.45) is 0. The molecule has 0 aliphatic carbocycles. The zero-order valence-electron chi connectivity index (χ0n) is 19.4. The Kier molecular flexibility index (Phi) is 7.29. The fraction of sp³-hybridized carbons (Fsp3) is 0.192. The van der Waals surface area contributed by atoms with Crippen LogP contribution in [0.3, 0.4) is 0 Å². The summed E-state index contributed by atoms with van der Waals surface area (Å²) in [4.78, 5) is 12.8. The topological polar surface area (TPSA) is 87.5 Å². The molecule has 0 saturated heterocycles. The molecule has 0 unspecified atom stereocenters. The standard InChI is InChI=1S/C26H23ClN4O4S/c1-2-33-19-10-8-18(9-11-19)31-25(20-5-3-4-6-21(20)27)29-30-26(31)36-16-24(32)28-17-7-12-22-23(15-17)35-14-13-34-22/h3-12,15H,2,13-14,16H2,1H3,(H,28,32). The van der Waals surface area contributed by atoms with Crippen molar-refractivity contribution in [2.24, 2.45) is 0 Å². The van der Waals surface area contributed by atoms with Gasteiger partial charge in [0.1, 0.15) is 19.0 Å². The lowest BCUT2D eigenvalue weighted by molar-refractivity contribution is -0.113. The highest BCUT2D eigenvalue weighted by atomic mass is 35.5. The monoisotopic (exact) mass is 522 g/mol. The van der Waals surface area contributed by atoms with E-state index in [1.807, 2.05) is 60.0 Å². The highest BCUT2D eigenvalue weighted by molar-refractivity contribution is 7.99. The van der Waals surface area contributed by atoms with Crippen LogP contribution in [0.1, 0.15) is 6.92 Å². The maximum absolute atomic E-state index is 12.8. The Bertz CT molecular complexity index is 1380. The third-order valence-corrected chi connectivity index (χ3v) is 6.57. The number of nitrogens with one attached hydrogen (secondary N) is 1. The highest BCUT2D eigenvalue weighted by Gasteiger charge is 2.19. The van der Waals surface area contributed by atoms with Crippen LogP contribution in [0, 0.1) is 0 Å². The third kappa shape index (κ3) is 5.27. The van der Waals surface area contributed by atoms with E-state index in [-0.39, 0.29) is 11.7 Å². The van der Waals surface area contributed by atoms with Gasteiger partial charge >= 0.3 is 0 Å². The van der Waals surface area contributed by atoms with Crippen molar-refractivity contribution in [3.63, 3.8) is 0 Å². The Hall–Kier alpha value is -3.69. The number of anilines is 1. The van der Waals surface area contributed by atoms with E-state index in [2.05, 4.69) is 15.5 Å². The number of carbonyl (C=O) groups is 1. The molecule has 1 aliphatic heterocycles. The first-order chi connectivity index (χ1) is 17.6. The molecule has 0 atom stereocenters. The van der Waals surface area contributed by atoms with Gasteiger partial charge in [0.2, 0.25) is 5.91 Å². The first kappa shape index (κ1) is 24.0. The molecule has 184 valence electrons. The second-order valence-electron chi connectivity index (χ2n) is 7.74. The van der Waals surface area contributed by atoms with Gasteiger partial charge < -0.3 is 19.5 Å². The number of hydrogen-bond donors (Lipinski definition) is 1. The Labute approximate surface area is 217 Å². The lowest BCUT2D eigenvalue weighted by atomic mass is 10.2. The van der Waals surface area contributed by atoms with E-state index < -0.39 is 0 Å². The fourth-order valence-electron chi connectivity index (χ4n) is 3.72. The number of fused-ring (bicyclic) bond motifs is 1. The van der Waals surface area contributed by atoms with Crippen LogP contribution in [0.2, 0.25) is 5.02 Å². The van der Waals surface area contributed by atoms with Crippen LogP contribution in [-0.2, 0) is 4.79 Å². The van der Waals surface area contributed by atoms with Gasteiger partial charge in [-0.3, -0.25) is 9.36 Å². The first-order valence-corrected chi connectivity index (χ1v) is 12.7. The van der Waals surface area contributed by atoms with Crippen molar-refractivity contribution in [3.8, 4) is 34.3 Å². The molecular weight excluding hydrogens is 500 g/mol. The molecule has 0 bridgehead atoms. The second-order valence-corrected chi connectivity index (χ2v) is 9.09. The van der Waals surface area contributed by atoms with Crippen molar-refractivity contribution < 1.29 is 19.0 Å². The molecule has 1 aromatic heterocycles. The molecule has 8 nitrogen and oxygen atoms in total. The smallest absolute Gasteiger partial charge is 0.234 e. The van der Waals surface area contributed by atoms with Crippen molar-refractivity contribution in [1.29, 1.82) is 0 Å². The van der Waals surface area contributed by atoms with E-state index in [0.717, 1.165) is 17.0 Å². The summed E-state index contributed by atoms with van der Waals surface area (Å²) in [5.74, 6) is 2.58. The quantitative estimate of drug-likeness (QED) is 0.306. The second kappa shape index (κ2) is 10.9. The van der Waals surface area contributed by atoms with E-state index >= 15 is 0 Å². The summed E-state index contributed by atoms with van der Waals surface area (Å²) in [6, 6.07) is 20.4. The Morgan fingerprint density at radius 1 is 1.06 bits per heavy atom. The normalized spacial score (nSPS) is 12.3. The zero-order valence-corrected chi connectivity index (χ0v) is 21.0. The number of nitrogens with zero attached hydrogens (tertiary/aromatic N) is 3. The predicted molar refractivity (Wildman–Crippen MR) is 140 cm³/mol. The lowest BCUT2D eigenvalue weighted by Crippen LogP contribution is -2.17. The van der Waals surface area contributed by atoms with Gasteiger partial charge in [-0.15, -0.1) is 10.2 Å². The number of aromatic nitrogens is 3. The van der Waals surface area contributed by atoms with Crippen molar-refractivity contribution in [3.05, 3.63) is 71.8 Å². The molecule has 1 N–H and O–H groups in total. The van der Waals surface area contributed by atoms with Gasteiger partial charge in [0.15, 0.2) is 22.5 Å². The SMILES string of the molecule is CCOc1ccc(-n2c(SCC(=O)Nc3ccc4c(c3)OCCO4)nnc2-c2ccccc2Cl)cc1. The van der Waals surface area contributed by atoms with Crippen LogP contribution in [0.5, 0.6) is 17.2 Å². The van der Waals surface area contributed by atoms with Crippen molar-refractivity contribution in [2.45, 2.75) is 12.1 Å². The van der Waals surface area contributed by atoms with E-state index in [1.54, 1.807) is 18.2 Å². The average molecular weight is 523 g/mol. The molecule has 2 heterocycles. The summed E-state index contributed by atoms with van der Waals surface area (Å²) in [5, 5.41) is 12.8. The molecule has 5 rings (SSSR count). The maximum atomic E-state index is 12.8. The Balaban J connectivity index is 1.38. The van der Waals surface area contributed by atoms with Crippen molar-refractivity contribution in [1.82, 2.24) is 14.8 Å². The van der Waals surface area contributed by atoms with E-state index in [4.69, 9.17) is 25.8 Å². The molecule has 1 amide bonds. The minimum atomic E-state index is -0.183. The van der Waals surface area contributed by atoms with E-state index in [1.165, 1.54) is 11.8 Å². The molecular formula is C26H23ClN4O4S. The lowest BCUT2D eigenvalue weighted by Gasteiger charge is -2.19. The molecule has 10 heteroatoms. The van der Waals surface area contributed by atoms with E-state index in [9.17, 15) is 4.79 Å². The summed E-state index contributed by atoms with van der Waals surface area (Å²) in [6.45, 7) is 3.51. The molecule has 4 aromatic rings. The fourth-order valence-corrected chi connectivity index (χ4v) is 4.69. The number of halogens is 1. The summed E-state index contributed by atoms with van der Waals surface area (Å²) in [5.41, 5.74) is 2.20. The largest absolute Gasteiger partial charge is 0.494 e. The van der Waals surface area contributed by atoms with Crippen LogP contribution in [0.15, 0.2) is 71.9 Å². The number of amides is 1. The molecule has 36 heavy (non-hydrogen) atoms. The molecule has 0 saturated carbocycles. The van der Waals surface area contributed by atoms with Crippen LogP contribution in [-0.4, -0.2) is 46.2 Å². The van der Waals surface area contributed by atoms with Gasteiger partial charge in [-0.05, 0) is 55.5 Å². The van der Waals surface area contributed by atoms with Crippen LogP contribution in [0.4, 0.5) is 5.69 Å². The number of benzene rings is 3. The van der Waals surface area contributed by atoms with Crippen LogP contribution < -0.4 is 19.5 Å². The molecule has 3 aromatic carbocycles. The van der Waals surface area contributed by atoms with Crippen molar-refractivity contribution >= 4 is 35.0 Å². The van der Waals surface area contributed by atoms with Gasteiger partial charge in [-0.1, -0.05) is 35.5 Å². The van der Waals surface area contributed by atoms with Gasteiger partial charge in [0.05, 0.1) is 17.4 Å². The minimum Gasteiger partial charge on any atom is -0.494 e. The van der Waals surface area contributed by atoms with Gasteiger partial charge in [0, 0.05) is 23.0 Å². The van der Waals surface area contributed by atoms with Gasteiger partial charge in [-0.2, -0.15) is 0 Å². The maximum Gasteiger partial charge on any atom is 0.234 e.